The molecule has 55 heavy (non-hydrogen) atoms. The molecule has 1 aromatic carbocycles. The first kappa shape index (κ1) is 40.2. The number of carbonyl (C=O) groups is 4. The standard InChI is InChI=1S/C38H52N6O10S/c1-21(2)30-33(40-28-16-25(53-6)11-12-27(28)39-30)54-26-17-29-32(45)42-38(35(47)43-55(50,51)37(4)13-14-37)18-24(38)10-8-7-9-22(3)15-23(20-52-5)31(41-36(48)49)34(46)44(29)19-26/h8,10-12,16,21-24,26,29,31,41H,7,9,13-15,17-20H2,1-6H3,(H,42,45)(H,43,47)(H,48,49)/b10-8-/t22-,23+,24-,26-,29+,31+,38-/m1/s1. The van der Waals surface area contributed by atoms with Gasteiger partial charge in [0.2, 0.25) is 27.7 Å². The third-order valence-corrected chi connectivity index (χ3v) is 13.6. The zero-order chi connectivity index (χ0) is 39.9. The predicted molar refractivity (Wildman–Crippen MR) is 201 cm³/mol. The van der Waals surface area contributed by atoms with E-state index in [9.17, 15) is 32.7 Å². The summed E-state index contributed by atoms with van der Waals surface area (Å²) in [6.07, 6.45) is 4.26. The van der Waals surface area contributed by atoms with Crippen LogP contribution in [0.15, 0.2) is 30.4 Å². The second-order valence-corrected chi connectivity index (χ2v) is 18.2. The number of amides is 4. The smallest absolute Gasteiger partial charge is 0.405 e. The number of rotatable bonds is 10. The number of hydrogen-bond donors (Lipinski definition) is 4. The number of carboxylic acid groups (broad SMARTS) is 1. The van der Waals surface area contributed by atoms with Gasteiger partial charge in [0.15, 0.2) is 0 Å². The Hall–Kier alpha value is -4.51. The van der Waals surface area contributed by atoms with Crippen molar-refractivity contribution in [2.24, 2.45) is 17.8 Å². The minimum Gasteiger partial charge on any atom is -0.497 e. The lowest BCUT2D eigenvalue weighted by Gasteiger charge is -2.33. The molecule has 6 rings (SSSR count). The molecule has 0 unspecified atom stereocenters. The van der Waals surface area contributed by atoms with Crippen LogP contribution in [-0.2, 0) is 29.1 Å². The molecule has 1 saturated heterocycles. The Balaban J connectivity index is 1.38. The van der Waals surface area contributed by atoms with Crippen LogP contribution < -0.4 is 24.8 Å². The summed E-state index contributed by atoms with van der Waals surface area (Å²) >= 11 is 0. The van der Waals surface area contributed by atoms with Crippen LogP contribution in [0.25, 0.3) is 11.0 Å². The predicted octanol–water partition coefficient (Wildman–Crippen LogP) is 3.26. The molecule has 1 aromatic heterocycles. The van der Waals surface area contributed by atoms with Crippen molar-refractivity contribution in [1.82, 2.24) is 30.2 Å². The van der Waals surface area contributed by atoms with E-state index in [0.717, 1.165) is 0 Å². The maximum Gasteiger partial charge on any atom is 0.405 e. The van der Waals surface area contributed by atoms with Crippen molar-refractivity contribution >= 4 is 44.9 Å². The number of sulfonamides is 1. The Morgan fingerprint density at radius 2 is 1.87 bits per heavy atom. The number of ether oxygens (including phenoxy) is 3. The molecular weight excluding hydrogens is 733 g/mol. The summed E-state index contributed by atoms with van der Waals surface area (Å²) in [5.74, 6) is -2.53. The molecule has 7 atom stereocenters. The highest BCUT2D eigenvalue weighted by atomic mass is 32.2. The van der Waals surface area contributed by atoms with E-state index in [4.69, 9.17) is 24.2 Å². The first-order chi connectivity index (χ1) is 26.0. The van der Waals surface area contributed by atoms with Gasteiger partial charge in [0.05, 0.1) is 36.0 Å². The summed E-state index contributed by atoms with van der Waals surface area (Å²) in [5.41, 5.74) is 0.126. The Labute approximate surface area is 321 Å². The lowest BCUT2D eigenvalue weighted by molar-refractivity contribution is -0.142. The van der Waals surface area contributed by atoms with Gasteiger partial charge in [-0.3, -0.25) is 19.1 Å². The second kappa shape index (κ2) is 15.6. The maximum absolute atomic E-state index is 14.7. The number of nitrogens with zero attached hydrogens (tertiary/aromatic N) is 3. The summed E-state index contributed by atoms with van der Waals surface area (Å²) in [7, 11) is -1.00. The molecule has 2 aliphatic carbocycles. The SMILES string of the molecule is COC[C@@H]1C[C@H](C)CC/C=C\[C@@H]2C[C@@]2(C(=O)NS(=O)(=O)C2(C)CC2)NC(=O)[C@@H]2C[C@@H](Oc3nc4cc(OC)ccc4nc3C(C)C)CN2C(=O)[C@H]1NC(=O)O. The van der Waals surface area contributed by atoms with Crippen LogP contribution in [0, 0.1) is 17.8 Å². The van der Waals surface area contributed by atoms with E-state index in [-0.39, 0.29) is 43.7 Å². The molecule has 0 radical (unpaired) electrons. The van der Waals surface area contributed by atoms with Gasteiger partial charge in [0.25, 0.3) is 5.91 Å². The average molecular weight is 785 g/mol. The third-order valence-electron chi connectivity index (χ3n) is 11.4. The number of nitrogens with one attached hydrogen (secondary N) is 3. The molecule has 300 valence electrons. The van der Waals surface area contributed by atoms with E-state index in [1.54, 1.807) is 32.2 Å². The molecule has 16 nitrogen and oxygen atoms in total. The van der Waals surface area contributed by atoms with E-state index in [1.807, 2.05) is 32.9 Å². The first-order valence-electron chi connectivity index (χ1n) is 18.9. The molecule has 2 aromatic rings. The molecule has 2 saturated carbocycles. The number of benzene rings is 1. The van der Waals surface area contributed by atoms with E-state index in [1.165, 1.54) is 12.0 Å². The fourth-order valence-electron chi connectivity index (χ4n) is 7.70. The van der Waals surface area contributed by atoms with Gasteiger partial charge < -0.3 is 34.9 Å². The minimum atomic E-state index is -4.02. The molecule has 2 aliphatic heterocycles. The zero-order valence-electron chi connectivity index (χ0n) is 32.2. The highest BCUT2D eigenvalue weighted by Crippen LogP contribution is 2.47. The number of methoxy groups -OCH3 is 2. The zero-order valence-corrected chi connectivity index (χ0v) is 33.0. The van der Waals surface area contributed by atoms with Crippen molar-refractivity contribution in [3.05, 3.63) is 36.0 Å². The molecule has 4 amide bonds. The van der Waals surface area contributed by atoms with Crippen molar-refractivity contribution in [2.45, 2.75) is 107 Å². The molecule has 17 heteroatoms. The van der Waals surface area contributed by atoms with Gasteiger partial charge in [-0.05, 0) is 63.5 Å². The van der Waals surface area contributed by atoms with Crippen LogP contribution in [0.1, 0.15) is 84.3 Å². The van der Waals surface area contributed by atoms with Crippen molar-refractivity contribution in [3.8, 4) is 11.6 Å². The Bertz CT molecular complexity index is 1970. The fraction of sp³-hybridized carbons (Fsp3) is 0.632. The molecule has 0 spiro atoms. The lowest BCUT2D eigenvalue weighted by Crippen LogP contribution is -2.59. The molecule has 3 heterocycles. The van der Waals surface area contributed by atoms with E-state index in [0.29, 0.717) is 54.6 Å². The van der Waals surface area contributed by atoms with Gasteiger partial charge in [-0.2, -0.15) is 0 Å². The Morgan fingerprint density at radius 3 is 2.53 bits per heavy atom. The monoisotopic (exact) mass is 784 g/mol. The highest BCUT2D eigenvalue weighted by molar-refractivity contribution is 7.91. The van der Waals surface area contributed by atoms with Crippen LogP contribution >= 0.6 is 0 Å². The first-order valence-corrected chi connectivity index (χ1v) is 20.4. The van der Waals surface area contributed by atoms with Crippen LogP contribution in [0.2, 0.25) is 0 Å². The van der Waals surface area contributed by atoms with E-state index in [2.05, 4.69) is 15.4 Å². The van der Waals surface area contributed by atoms with Gasteiger partial charge in [0, 0.05) is 37.4 Å². The van der Waals surface area contributed by atoms with Crippen LogP contribution in [0.3, 0.4) is 0 Å². The second-order valence-electron chi connectivity index (χ2n) is 16.1. The quantitative estimate of drug-likeness (QED) is 0.256. The van der Waals surface area contributed by atoms with Crippen LogP contribution in [-0.4, -0.2) is 108 Å². The number of carbonyl (C=O) groups excluding carboxylic acids is 3. The minimum absolute atomic E-state index is 0.0351. The highest BCUT2D eigenvalue weighted by Gasteiger charge is 2.63. The number of allylic oxidation sites excluding steroid dienone is 1. The van der Waals surface area contributed by atoms with Crippen molar-refractivity contribution in [1.29, 1.82) is 0 Å². The summed E-state index contributed by atoms with van der Waals surface area (Å²) < 4.78 is 44.9. The van der Waals surface area contributed by atoms with Crippen LogP contribution in [0.5, 0.6) is 11.6 Å². The molecule has 0 bridgehead atoms. The van der Waals surface area contributed by atoms with Gasteiger partial charge >= 0.3 is 6.09 Å². The number of hydrogen-bond acceptors (Lipinski definition) is 11. The van der Waals surface area contributed by atoms with Gasteiger partial charge in [-0.1, -0.05) is 32.9 Å². The molecular formula is C38H52N6O10S. The topological polar surface area (TPSA) is 215 Å². The van der Waals surface area contributed by atoms with Gasteiger partial charge in [-0.15, -0.1) is 0 Å². The molecule has 3 fully saturated rings. The third kappa shape index (κ3) is 8.37. The van der Waals surface area contributed by atoms with Crippen molar-refractivity contribution in [2.75, 3.05) is 27.4 Å². The molecule has 4 N–H and O–H groups in total. The Morgan fingerprint density at radius 1 is 1.13 bits per heavy atom. The van der Waals surface area contributed by atoms with Crippen LogP contribution in [0.4, 0.5) is 4.79 Å². The van der Waals surface area contributed by atoms with E-state index < -0.39 is 74.1 Å². The summed E-state index contributed by atoms with van der Waals surface area (Å²) in [6, 6.07) is 2.81. The van der Waals surface area contributed by atoms with Crippen molar-refractivity contribution in [3.63, 3.8) is 0 Å². The van der Waals surface area contributed by atoms with Crippen molar-refractivity contribution < 1.29 is 46.9 Å². The van der Waals surface area contributed by atoms with E-state index >= 15 is 0 Å². The summed E-state index contributed by atoms with van der Waals surface area (Å²) in [6.45, 7) is 7.42. The number of fused-ring (bicyclic) bond motifs is 3. The Kier molecular flexibility index (Phi) is 11.4. The van der Waals surface area contributed by atoms with Gasteiger partial charge in [-0.25, -0.2) is 23.2 Å². The summed E-state index contributed by atoms with van der Waals surface area (Å²) in [4.78, 5) is 66.1. The average Bonchev–Trinajstić information content (AvgIpc) is 4.01. The number of aromatic nitrogens is 2. The normalized spacial score (nSPS) is 29.9. The lowest BCUT2D eigenvalue weighted by atomic mass is 9.87. The maximum atomic E-state index is 14.7. The fourth-order valence-corrected chi connectivity index (χ4v) is 9.02. The molecule has 4 aliphatic rings. The largest absolute Gasteiger partial charge is 0.497 e. The van der Waals surface area contributed by atoms with Gasteiger partial charge in [0.1, 0.15) is 35.2 Å². The summed E-state index contributed by atoms with van der Waals surface area (Å²) in [5, 5.41) is 15.2.